The highest BCUT2D eigenvalue weighted by Gasteiger charge is 2.05. The topological polar surface area (TPSA) is 56.2 Å². The average Bonchev–Trinajstić information content (AvgIpc) is 2.30. The van der Waals surface area contributed by atoms with E-state index >= 15 is 0 Å². The van der Waals surface area contributed by atoms with Crippen LogP contribution in [0.2, 0.25) is 0 Å². The summed E-state index contributed by atoms with van der Waals surface area (Å²) < 4.78 is 0. The summed E-state index contributed by atoms with van der Waals surface area (Å²) in [6, 6.07) is 7.08. The average molecular weight is 149 g/mol. The van der Waals surface area contributed by atoms with Crippen molar-refractivity contribution in [2.24, 2.45) is 0 Å². The highest BCUT2D eigenvalue weighted by Crippen LogP contribution is 2.30. The summed E-state index contributed by atoms with van der Waals surface area (Å²) in [6.45, 7) is 0. The molecule has 0 saturated heterocycles. The van der Waals surface area contributed by atoms with E-state index in [1.54, 1.807) is 24.3 Å². The number of hydrogen-bond donors (Lipinski definition) is 3. The normalized spacial score (nSPS) is 10.5. The minimum absolute atomic E-state index is 0.0121. The Balaban J connectivity index is 2.95. The van der Waals surface area contributed by atoms with Crippen molar-refractivity contribution in [3.8, 4) is 11.8 Å². The number of aromatic amines is 1. The second kappa shape index (κ2) is 1.92. The van der Waals surface area contributed by atoms with E-state index in [-0.39, 0.29) is 11.8 Å². The number of nitrogens with one attached hydrogen (secondary N) is 1. The van der Waals surface area contributed by atoms with Gasteiger partial charge in [0.2, 0.25) is 0 Å². The SMILES string of the molecule is Oc1[nH]c(O)c2ccccc12. The lowest BCUT2D eigenvalue weighted by Crippen LogP contribution is -1.61. The number of aromatic hydroxyl groups is 2. The van der Waals surface area contributed by atoms with Crippen molar-refractivity contribution in [3.05, 3.63) is 24.3 Å². The van der Waals surface area contributed by atoms with Crippen LogP contribution in [0.3, 0.4) is 0 Å². The lowest BCUT2D eigenvalue weighted by molar-refractivity contribution is 0.429. The Morgan fingerprint density at radius 1 is 0.909 bits per heavy atom. The van der Waals surface area contributed by atoms with Gasteiger partial charge in [-0.3, -0.25) is 4.98 Å². The van der Waals surface area contributed by atoms with Gasteiger partial charge in [-0.15, -0.1) is 0 Å². The van der Waals surface area contributed by atoms with Crippen LogP contribution in [-0.2, 0) is 0 Å². The molecule has 0 unspecified atom stereocenters. The molecule has 0 aliphatic heterocycles. The van der Waals surface area contributed by atoms with E-state index in [2.05, 4.69) is 4.98 Å². The molecule has 0 amide bonds. The fourth-order valence-corrected chi connectivity index (χ4v) is 1.14. The fraction of sp³-hybridized carbons (Fsp3) is 0. The number of rotatable bonds is 0. The van der Waals surface area contributed by atoms with Gasteiger partial charge in [-0.05, 0) is 12.1 Å². The number of H-pyrrole nitrogens is 1. The summed E-state index contributed by atoms with van der Waals surface area (Å²) in [5.41, 5.74) is 0. The van der Waals surface area contributed by atoms with E-state index in [0.29, 0.717) is 10.8 Å². The molecule has 56 valence electrons. The van der Waals surface area contributed by atoms with E-state index < -0.39 is 0 Å². The minimum atomic E-state index is 0.0121. The summed E-state index contributed by atoms with van der Waals surface area (Å²) in [5, 5.41) is 19.6. The molecule has 0 spiro atoms. The van der Waals surface area contributed by atoms with Crippen LogP contribution in [0.4, 0.5) is 0 Å². The highest BCUT2D eigenvalue weighted by atomic mass is 16.3. The van der Waals surface area contributed by atoms with Gasteiger partial charge in [0.15, 0.2) is 11.8 Å². The lowest BCUT2D eigenvalue weighted by Gasteiger charge is -1.86. The first kappa shape index (κ1) is 6.09. The van der Waals surface area contributed by atoms with E-state index in [1.807, 2.05) is 0 Å². The van der Waals surface area contributed by atoms with E-state index in [1.165, 1.54) is 0 Å². The van der Waals surface area contributed by atoms with Gasteiger partial charge in [0.05, 0.1) is 0 Å². The first-order valence-electron chi connectivity index (χ1n) is 3.27. The largest absolute Gasteiger partial charge is 0.494 e. The summed E-state index contributed by atoms with van der Waals surface area (Å²) in [4.78, 5) is 2.43. The van der Waals surface area contributed by atoms with Gasteiger partial charge >= 0.3 is 0 Å². The van der Waals surface area contributed by atoms with Crippen LogP contribution >= 0.6 is 0 Å². The molecule has 0 saturated carbocycles. The fourth-order valence-electron chi connectivity index (χ4n) is 1.14. The Bertz CT molecular complexity index is 356. The Kier molecular flexibility index (Phi) is 1.06. The van der Waals surface area contributed by atoms with Gasteiger partial charge < -0.3 is 10.2 Å². The van der Waals surface area contributed by atoms with E-state index in [0.717, 1.165) is 0 Å². The first-order chi connectivity index (χ1) is 5.29. The third kappa shape index (κ3) is 0.741. The zero-order valence-electron chi connectivity index (χ0n) is 5.70. The van der Waals surface area contributed by atoms with Crippen molar-refractivity contribution < 1.29 is 10.2 Å². The molecule has 2 aromatic rings. The van der Waals surface area contributed by atoms with Crippen molar-refractivity contribution in [2.45, 2.75) is 0 Å². The van der Waals surface area contributed by atoms with Gasteiger partial charge in [-0.1, -0.05) is 12.1 Å². The van der Waals surface area contributed by atoms with Gasteiger partial charge in [0.1, 0.15) is 0 Å². The molecule has 0 fully saturated rings. The smallest absolute Gasteiger partial charge is 0.199 e. The van der Waals surface area contributed by atoms with Gasteiger partial charge in [0, 0.05) is 10.8 Å². The number of fused-ring (bicyclic) bond motifs is 1. The molecule has 3 nitrogen and oxygen atoms in total. The van der Waals surface area contributed by atoms with Crippen molar-refractivity contribution in [1.82, 2.24) is 4.98 Å². The summed E-state index contributed by atoms with van der Waals surface area (Å²) >= 11 is 0. The lowest BCUT2D eigenvalue weighted by atomic mass is 10.2. The molecule has 3 N–H and O–H groups in total. The van der Waals surface area contributed by atoms with Crippen molar-refractivity contribution in [2.75, 3.05) is 0 Å². The molecule has 0 bridgehead atoms. The molecule has 0 aliphatic carbocycles. The predicted molar refractivity (Wildman–Crippen MR) is 41.6 cm³/mol. The van der Waals surface area contributed by atoms with E-state index in [9.17, 15) is 10.2 Å². The number of aromatic nitrogens is 1. The Morgan fingerprint density at radius 3 is 1.82 bits per heavy atom. The molecule has 1 aromatic heterocycles. The van der Waals surface area contributed by atoms with Crippen molar-refractivity contribution in [3.63, 3.8) is 0 Å². The summed E-state index contributed by atoms with van der Waals surface area (Å²) in [7, 11) is 0. The van der Waals surface area contributed by atoms with Crippen LogP contribution in [0.1, 0.15) is 0 Å². The maximum absolute atomic E-state index is 9.18. The standard InChI is InChI=1S/C8H7NO2/c10-7-5-3-1-2-4-6(5)8(11)9-7/h1-4,9-11H. The molecule has 1 aromatic carbocycles. The molecular weight excluding hydrogens is 142 g/mol. The second-order valence-electron chi connectivity index (χ2n) is 2.37. The van der Waals surface area contributed by atoms with Crippen molar-refractivity contribution in [1.29, 1.82) is 0 Å². The number of benzene rings is 1. The van der Waals surface area contributed by atoms with Crippen LogP contribution < -0.4 is 0 Å². The first-order valence-corrected chi connectivity index (χ1v) is 3.27. The van der Waals surface area contributed by atoms with Crippen LogP contribution in [0, 0.1) is 0 Å². The van der Waals surface area contributed by atoms with Gasteiger partial charge in [-0.25, -0.2) is 0 Å². The van der Waals surface area contributed by atoms with Crippen LogP contribution in [-0.4, -0.2) is 15.2 Å². The Morgan fingerprint density at radius 2 is 1.36 bits per heavy atom. The minimum Gasteiger partial charge on any atom is -0.494 e. The second-order valence-corrected chi connectivity index (χ2v) is 2.37. The zero-order valence-corrected chi connectivity index (χ0v) is 5.70. The molecule has 3 heteroatoms. The monoisotopic (exact) mass is 149 g/mol. The number of hydrogen-bond acceptors (Lipinski definition) is 2. The zero-order chi connectivity index (χ0) is 7.84. The van der Waals surface area contributed by atoms with Crippen molar-refractivity contribution >= 4 is 10.8 Å². The van der Waals surface area contributed by atoms with Crippen LogP contribution in [0.25, 0.3) is 10.8 Å². The maximum Gasteiger partial charge on any atom is 0.199 e. The summed E-state index contributed by atoms with van der Waals surface area (Å²) in [5.74, 6) is 0.0243. The predicted octanol–water partition coefficient (Wildman–Crippen LogP) is 1.58. The molecule has 1 heterocycles. The molecule has 0 aliphatic rings. The molecule has 11 heavy (non-hydrogen) atoms. The quantitative estimate of drug-likeness (QED) is 0.532. The summed E-state index contributed by atoms with van der Waals surface area (Å²) in [6.07, 6.45) is 0. The van der Waals surface area contributed by atoms with Crippen LogP contribution in [0.5, 0.6) is 11.8 Å². The van der Waals surface area contributed by atoms with Gasteiger partial charge in [0.25, 0.3) is 0 Å². The molecule has 0 atom stereocenters. The highest BCUT2D eigenvalue weighted by molar-refractivity contribution is 5.92. The van der Waals surface area contributed by atoms with Crippen LogP contribution in [0.15, 0.2) is 24.3 Å². The molecule has 2 rings (SSSR count). The van der Waals surface area contributed by atoms with Gasteiger partial charge in [-0.2, -0.15) is 0 Å². The maximum atomic E-state index is 9.18. The third-order valence-corrected chi connectivity index (χ3v) is 1.67. The van der Waals surface area contributed by atoms with E-state index in [4.69, 9.17) is 0 Å². The Labute approximate surface area is 62.9 Å². The Hall–Kier alpha value is -1.64. The molecule has 0 radical (unpaired) electrons. The third-order valence-electron chi connectivity index (χ3n) is 1.67. The molecular formula is C8H7NO2.